The van der Waals surface area contributed by atoms with Crippen molar-refractivity contribution in [2.75, 3.05) is 39.3 Å². The first-order valence-electron chi connectivity index (χ1n) is 10.00. The van der Waals surface area contributed by atoms with E-state index in [1.165, 1.54) is 26.2 Å². The van der Waals surface area contributed by atoms with Gasteiger partial charge in [0.2, 0.25) is 5.75 Å². The first-order valence-corrected chi connectivity index (χ1v) is 10.00. The Morgan fingerprint density at radius 1 is 0.867 bits per heavy atom. The third kappa shape index (κ3) is 4.35. The van der Waals surface area contributed by atoms with Crippen molar-refractivity contribution in [1.82, 2.24) is 4.90 Å². The molecule has 0 radical (unpaired) electrons. The van der Waals surface area contributed by atoms with Gasteiger partial charge >= 0.3 is 6.03 Å². The van der Waals surface area contributed by atoms with Crippen molar-refractivity contribution in [3.05, 3.63) is 47.5 Å². The van der Waals surface area contributed by atoms with Gasteiger partial charge in [-0.1, -0.05) is 17.7 Å². The van der Waals surface area contributed by atoms with Gasteiger partial charge in [0.25, 0.3) is 5.91 Å². The number of imide groups is 1. The topological polar surface area (TPSA) is 68.3 Å². The molecule has 7 heteroatoms. The van der Waals surface area contributed by atoms with Crippen LogP contribution < -0.4 is 19.1 Å². The molecule has 1 saturated heterocycles. The first-order chi connectivity index (χ1) is 14.5. The molecule has 1 aliphatic heterocycles. The SMILES string of the molecule is COc1cc(C(=O)N(C(=O)N2CCCCC2)c2ccc(C)cc2)cc(OC)c1OC. The van der Waals surface area contributed by atoms with E-state index >= 15 is 0 Å². The lowest BCUT2D eigenvalue weighted by molar-refractivity contribution is 0.0982. The van der Waals surface area contributed by atoms with E-state index in [0.29, 0.717) is 36.0 Å². The molecule has 0 N–H and O–H groups in total. The van der Waals surface area contributed by atoms with Gasteiger partial charge in [-0.2, -0.15) is 0 Å². The summed E-state index contributed by atoms with van der Waals surface area (Å²) in [7, 11) is 4.48. The lowest BCUT2D eigenvalue weighted by atomic mass is 10.1. The minimum atomic E-state index is -0.450. The summed E-state index contributed by atoms with van der Waals surface area (Å²) in [6.07, 6.45) is 2.97. The number of anilines is 1. The van der Waals surface area contributed by atoms with Gasteiger partial charge in [-0.25, -0.2) is 9.69 Å². The maximum Gasteiger partial charge on any atom is 0.331 e. The monoisotopic (exact) mass is 412 g/mol. The Balaban J connectivity index is 2.05. The molecule has 2 aromatic carbocycles. The lowest BCUT2D eigenvalue weighted by Crippen LogP contribution is -2.48. The number of carbonyl (C=O) groups excluding carboxylic acids is 2. The van der Waals surface area contributed by atoms with Gasteiger partial charge in [0.05, 0.1) is 27.0 Å². The Labute approximate surface area is 177 Å². The van der Waals surface area contributed by atoms with E-state index in [-0.39, 0.29) is 11.6 Å². The van der Waals surface area contributed by atoms with E-state index in [2.05, 4.69) is 0 Å². The average Bonchev–Trinajstić information content (AvgIpc) is 2.79. The van der Waals surface area contributed by atoms with Crippen molar-refractivity contribution in [2.24, 2.45) is 0 Å². The number of methoxy groups -OCH3 is 3. The summed E-state index contributed by atoms with van der Waals surface area (Å²) >= 11 is 0. The molecule has 3 amide bonds. The smallest absolute Gasteiger partial charge is 0.331 e. The standard InChI is InChI=1S/C23H28N2O5/c1-16-8-10-18(11-9-16)25(23(27)24-12-6-5-7-13-24)22(26)17-14-19(28-2)21(30-4)20(15-17)29-3/h8-11,14-15H,5-7,12-13H2,1-4H3. The molecule has 0 bridgehead atoms. The highest BCUT2D eigenvalue weighted by Crippen LogP contribution is 2.39. The van der Waals surface area contributed by atoms with E-state index in [0.717, 1.165) is 24.8 Å². The Morgan fingerprint density at radius 2 is 1.43 bits per heavy atom. The van der Waals surface area contributed by atoms with Crippen LogP contribution in [-0.2, 0) is 0 Å². The molecule has 160 valence electrons. The van der Waals surface area contributed by atoms with Gasteiger partial charge in [0.1, 0.15) is 0 Å². The highest BCUT2D eigenvalue weighted by Gasteiger charge is 2.31. The molecule has 7 nitrogen and oxygen atoms in total. The molecule has 1 aliphatic rings. The minimum absolute atomic E-state index is 0.274. The number of hydrogen-bond donors (Lipinski definition) is 0. The fraction of sp³-hybridized carbons (Fsp3) is 0.391. The summed E-state index contributed by atoms with van der Waals surface area (Å²) in [4.78, 5) is 29.9. The van der Waals surface area contributed by atoms with Gasteiger partial charge in [0.15, 0.2) is 11.5 Å². The molecule has 30 heavy (non-hydrogen) atoms. The number of benzene rings is 2. The zero-order chi connectivity index (χ0) is 21.7. The Bertz CT molecular complexity index is 879. The Hall–Kier alpha value is -3.22. The summed E-state index contributed by atoms with van der Waals surface area (Å²) in [6.45, 7) is 3.25. The number of ether oxygens (including phenoxy) is 3. The van der Waals surface area contributed by atoms with E-state index in [4.69, 9.17) is 14.2 Å². The van der Waals surface area contributed by atoms with Crippen molar-refractivity contribution < 1.29 is 23.8 Å². The van der Waals surface area contributed by atoms with Crippen molar-refractivity contribution >= 4 is 17.6 Å². The van der Waals surface area contributed by atoms with Crippen molar-refractivity contribution in [1.29, 1.82) is 0 Å². The number of carbonyl (C=O) groups is 2. The molecule has 0 saturated carbocycles. The first kappa shape index (κ1) is 21.5. The molecule has 0 aromatic heterocycles. The number of likely N-dealkylation sites (tertiary alicyclic amines) is 1. The van der Waals surface area contributed by atoms with E-state index in [1.54, 1.807) is 29.2 Å². The normalized spacial score (nSPS) is 13.5. The van der Waals surface area contributed by atoms with E-state index in [1.807, 2.05) is 19.1 Å². The number of urea groups is 1. The van der Waals surface area contributed by atoms with Crippen LogP contribution in [0.15, 0.2) is 36.4 Å². The summed E-state index contributed by atoms with van der Waals surface area (Å²) in [5.41, 5.74) is 1.84. The maximum absolute atomic E-state index is 13.6. The molecule has 0 atom stereocenters. The largest absolute Gasteiger partial charge is 0.493 e. The van der Waals surface area contributed by atoms with Crippen LogP contribution in [-0.4, -0.2) is 51.3 Å². The number of hydrogen-bond acceptors (Lipinski definition) is 5. The minimum Gasteiger partial charge on any atom is -0.493 e. The van der Waals surface area contributed by atoms with Gasteiger partial charge < -0.3 is 19.1 Å². The molecular formula is C23H28N2O5. The van der Waals surface area contributed by atoms with Crippen molar-refractivity contribution in [3.63, 3.8) is 0 Å². The lowest BCUT2D eigenvalue weighted by Gasteiger charge is -2.32. The molecule has 0 spiro atoms. The van der Waals surface area contributed by atoms with Gasteiger partial charge in [-0.15, -0.1) is 0 Å². The summed E-state index contributed by atoms with van der Waals surface area (Å²) in [6, 6.07) is 10.1. The zero-order valence-corrected chi connectivity index (χ0v) is 17.9. The van der Waals surface area contributed by atoms with Gasteiger partial charge in [0, 0.05) is 18.7 Å². The third-order valence-electron chi connectivity index (χ3n) is 5.22. The molecule has 0 unspecified atom stereocenters. The van der Waals surface area contributed by atoms with Crippen LogP contribution in [0.25, 0.3) is 0 Å². The number of amides is 3. The summed E-state index contributed by atoms with van der Waals surface area (Å²) in [5.74, 6) is 0.651. The average molecular weight is 412 g/mol. The van der Waals surface area contributed by atoms with Gasteiger partial charge in [-0.05, 0) is 50.5 Å². The van der Waals surface area contributed by atoms with Crippen LogP contribution in [0, 0.1) is 6.92 Å². The second-order valence-electron chi connectivity index (χ2n) is 7.22. The van der Waals surface area contributed by atoms with Crippen LogP contribution in [0.5, 0.6) is 17.2 Å². The predicted molar refractivity (Wildman–Crippen MR) is 115 cm³/mol. The molecule has 3 rings (SSSR count). The van der Waals surface area contributed by atoms with Crippen LogP contribution in [0.4, 0.5) is 10.5 Å². The summed E-state index contributed by atoms with van der Waals surface area (Å²) < 4.78 is 16.1. The molecule has 2 aromatic rings. The fourth-order valence-electron chi connectivity index (χ4n) is 3.57. The van der Waals surface area contributed by atoms with Crippen molar-refractivity contribution in [2.45, 2.75) is 26.2 Å². The molecule has 0 aliphatic carbocycles. The number of aryl methyl sites for hydroxylation is 1. The van der Waals surface area contributed by atoms with Crippen molar-refractivity contribution in [3.8, 4) is 17.2 Å². The number of rotatable bonds is 5. The third-order valence-corrected chi connectivity index (χ3v) is 5.22. The second kappa shape index (κ2) is 9.52. The Kier molecular flexibility index (Phi) is 6.82. The van der Waals surface area contributed by atoms with Crippen LogP contribution >= 0.6 is 0 Å². The number of piperidine rings is 1. The maximum atomic E-state index is 13.6. The second-order valence-corrected chi connectivity index (χ2v) is 7.22. The van der Waals surface area contributed by atoms with Crippen LogP contribution in [0.3, 0.4) is 0 Å². The fourth-order valence-corrected chi connectivity index (χ4v) is 3.57. The van der Waals surface area contributed by atoms with Crippen LogP contribution in [0.1, 0.15) is 35.2 Å². The van der Waals surface area contributed by atoms with Crippen LogP contribution in [0.2, 0.25) is 0 Å². The number of nitrogens with zero attached hydrogens (tertiary/aromatic N) is 2. The van der Waals surface area contributed by atoms with E-state index < -0.39 is 5.91 Å². The highest BCUT2D eigenvalue weighted by molar-refractivity contribution is 6.21. The zero-order valence-electron chi connectivity index (χ0n) is 17.9. The Morgan fingerprint density at radius 3 is 1.93 bits per heavy atom. The predicted octanol–water partition coefficient (Wildman–Crippen LogP) is 4.27. The molecule has 1 fully saturated rings. The van der Waals surface area contributed by atoms with E-state index in [9.17, 15) is 9.59 Å². The summed E-state index contributed by atoms with van der Waals surface area (Å²) in [5, 5.41) is 0. The highest BCUT2D eigenvalue weighted by atomic mass is 16.5. The van der Waals surface area contributed by atoms with Gasteiger partial charge in [-0.3, -0.25) is 4.79 Å². The molecular weight excluding hydrogens is 384 g/mol. The molecule has 1 heterocycles. The quantitative estimate of drug-likeness (QED) is 0.733.